The van der Waals surface area contributed by atoms with Gasteiger partial charge < -0.3 is 25.2 Å². The third kappa shape index (κ3) is 9.96. The van der Waals surface area contributed by atoms with Crippen LogP contribution in [-0.4, -0.2) is 92.1 Å². The van der Waals surface area contributed by atoms with Gasteiger partial charge in [0.05, 0.1) is 31.0 Å². The minimum Gasteiger partial charge on any atom is -0.422 e. The molecule has 57 heavy (non-hydrogen) atoms. The van der Waals surface area contributed by atoms with Crippen molar-refractivity contribution in [3.05, 3.63) is 119 Å². The quantitative estimate of drug-likeness (QED) is 0.0960. The van der Waals surface area contributed by atoms with Crippen LogP contribution in [0.5, 0.6) is 0 Å². The lowest BCUT2D eigenvalue weighted by atomic mass is 9.99. The molecule has 2 N–H and O–H groups in total. The van der Waals surface area contributed by atoms with E-state index >= 15 is 4.39 Å². The molecule has 5 rings (SSSR count). The molecular formula is C43H53F3N10O. The number of likely N-dealkylation sites (N-methyl/N-ethyl adjacent to an activating group) is 1. The average molecular weight is 783 g/mol. The highest BCUT2D eigenvalue weighted by atomic mass is 19.1. The SMILES string of the molecule is C=N/C(=C1/C=NN(c2ccc(F)cc2F)/C1=N/CN1CCC1)N1CC(OC#N)CC1C(=C)N(C)CC(CC)CN(C(=C)C)c1c(C)cc(F)cc1C/C=C\C=C\N. The third-order valence-electron chi connectivity index (χ3n) is 10.6. The van der Waals surface area contributed by atoms with E-state index in [-0.39, 0.29) is 23.5 Å². The predicted molar refractivity (Wildman–Crippen MR) is 223 cm³/mol. The number of hydrogen-bond acceptors (Lipinski definition) is 10. The summed E-state index contributed by atoms with van der Waals surface area (Å²) in [6.45, 7) is 22.4. The lowest BCUT2D eigenvalue weighted by Crippen LogP contribution is -2.40. The van der Waals surface area contributed by atoms with Crippen LogP contribution in [0.2, 0.25) is 0 Å². The van der Waals surface area contributed by atoms with Crippen molar-refractivity contribution in [3.63, 3.8) is 0 Å². The standard InChI is InChI=1S/C43H53F3N10O/c1-8-32(25-54(29(2)3)41-30(4)19-35(45)20-33(41)13-10-9-11-16-47)24-52(7)31(5)40-22-36(57-27-48)26-55(40)42(49-6)37-23-51-56(39-15-14-34(44)21-38(39)46)43(37)50-28-53-17-12-18-53/h9-11,14-16,19-21,23,32,36,40H,2,5-6,8,12-13,17-18,22,24-26,28,47H2,1,3-4,7H3/b10-9-,16-11+,42-37+,50-43+. The summed E-state index contributed by atoms with van der Waals surface area (Å²) in [5.74, 6) is -0.889. The molecule has 2 fully saturated rings. The minimum atomic E-state index is -0.784. The number of nitrogens with zero attached hydrogens (tertiary/aromatic N) is 9. The second kappa shape index (κ2) is 19.4. The van der Waals surface area contributed by atoms with Crippen molar-refractivity contribution in [1.82, 2.24) is 14.7 Å². The zero-order chi connectivity index (χ0) is 41.2. The number of hydrogen-bond donors (Lipinski definition) is 1. The Kier molecular flexibility index (Phi) is 14.4. The summed E-state index contributed by atoms with van der Waals surface area (Å²) >= 11 is 0. The van der Waals surface area contributed by atoms with E-state index in [4.69, 9.17) is 15.5 Å². The summed E-state index contributed by atoms with van der Waals surface area (Å²) < 4.78 is 49.3. The number of halogens is 3. The second-order valence-corrected chi connectivity index (χ2v) is 14.6. The topological polar surface area (TPSA) is 112 Å². The highest BCUT2D eigenvalue weighted by Gasteiger charge is 2.40. The van der Waals surface area contributed by atoms with Gasteiger partial charge in [0.1, 0.15) is 29.2 Å². The van der Waals surface area contributed by atoms with Crippen LogP contribution in [0.4, 0.5) is 24.5 Å². The number of ether oxygens (including phenoxy) is 1. The first-order chi connectivity index (χ1) is 27.4. The Morgan fingerprint density at radius 3 is 2.56 bits per heavy atom. The Bertz CT molecular complexity index is 2010. The molecule has 0 saturated carbocycles. The number of likely N-dealkylation sites (tertiary alicyclic amines) is 2. The van der Waals surface area contributed by atoms with Crippen LogP contribution in [0.25, 0.3) is 0 Å². The van der Waals surface area contributed by atoms with Gasteiger partial charge in [-0.25, -0.2) is 23.2 Å². The minimum absolute atomic E-state index is 0.0406. The molecule has 2 saturated heterocycles. The number of nitriles is 1. The maximum absolute atomic E-state index is 15.2. The van der Waals surface area contributed by atoms with E-state index in [2.05, 4.69) is 51.6 Å². The second-order valence-electron chi connectivity index (χ2n) is 14.6. The van der Waals surface area contributed by atoms with Gasteiger partial charge in [-0.2, -0.15) is 10.4 Å². The van der Waals surface area contributed by atoms with E-state index in [0.29, 0.717) is 56.4 Å². The summed E-state index contributed by atoms with van der Waals surface area (Å²) in [6.07, 6.45) is 12.7. The maximum Gasteiger partial charge on any atom is 0.286 e. The molecule has 0 amide bonds. The van der Waals surface area contributed by atoms with Gasteiger partial charge >= 0.3 is 0 Å². The number of allylic oxidation sites excluding steroid dienone is 4. The number of aryl methyl sites for hydroxylation is 1. The molecule has 11 nitrogen and oxygen atoms in total. The molecule has 2 aromatic carbocycles. The van der Waals surface area contributed by atoms with Crippen LogP contribution >= 0.6 is 0 Å². The van der Waals surface area contributed by atoms with Crippen molar-refractivity contribution in [3.8, 4) is 6.26 Å². The Morgan fingerprint density at radius 1 is 1.16 bits per heavy atom. The van der Waals surface area contributed by atoms with E-state index in [9.17, 15) is 14.0 Å². The molecule has 3 unspecified atom stereocenters. The third-order valence-corrected chi connectivity index (χ3v) is 10.6. The monoisotopic (exact) mass is 782 g/mol. The number of aliphatic imine (C=N–C) groups is 2. The summed E-state index contributed by atoms with van der Waals surface area (Å²) in [6, 6.07) is 6.07. The van der Waals surface area contributed by atoms with Crippen molar-refractivity contribution in [1.29, 1.82) is 5.26 Å². The normalized spacial score (nSPS) is 20.3. The molecule has 0 aliphatic carbocycles. The smallest absolute Gasteiger partial charge is 0.286 e. The zero-order valence-corrected chi connectivity index (χ0v) is 33.3. The zero-order valence-electron chi connectivity index (χ0n) is 33.3. The van der Waals surface area contributed by atoms with E-state index in [1.165, 1.54) is 23.3 Å². The molecule has 302 valence electrons. The first-order valence-electron chi connectivity index (χ1n) is 19.1. The number of amidine groups is 1. The number of nitrogens with two attached hydrogens (primary N) is 1. The van der Waals surface area contributed by atoms with E-state index in [1.54, 1.807) is 24.4 Å². The molecule has 3 aliphatic heterocycles. The van der Waals surface area contributed by atoms with Gasteiger partial charge in [-0.15, -0.1) is 0 Å². The highest BCUT2D eigenvalue weighted by Crippen LogP contribution is 2.36. The van der Waals surface area contributed by atoms with Crippen LogP contribution in [0, 0.1) is 41.8 Å². The van der Waals surface area contributed by atoms with Gasteiger partial charge in [0, 0.05) is 62.8 Å². The number of benzene rings is 2. The molecule has 3 heterocycles. The molecule has 0 bridgehead atoms. The van der Waals surface area contributed by atoms with Gasteiger partial charge in [-0.05, 0) is 93.4 Å². The van der Waals surface area contributed by atoms with E-state index < -0.39 is 17.7 Å². The first kappa shape index (κ1) is 42.3. The first-order valence-corrected chi connectivity index (χ1v) is 19.1. The summed E-state index contributed by atoms with van der Waals surface area (Å²) in [7, 11) is 1.99. The number of rotatable bonds is 18. The van der Waals surface area contributed by atoms with Crippen molar-refractivity contribution < 1.29 is 17.9 Å². The Balaban J connectivity index is 1.43. The molecule has 0 aromatic heterocycles. The van der Waals surface area contributed by atoms with Crippen LogP contribution < -0.4 is 15.6 Å². The fourth-order valence-corrected chi connectivity index (χ4v) is 7.46. The molecule has 0 radical (unpaired) electrons. The van der Waals surface area contributed by atoms with Crippen LogP contribution in [-0.2, 0) is 11.2 Å². The van der Waals surface area contributed by atoms with Crippen LogP contribution in [0.3, 0.4) is 0 Å². The fraction of sp³-hybridized carbons (Fsp3) is 0.395. The van der Waals surface area contributed by atoms with Gasteiger partial charge in [-0.3, -0.25) is 9.89 Å². The predicted octanol–water partition coefficient (Wildman–Crippen LogP) is 7.22. The van der Waals surface area contributed by atoms with E-state index in [0.717, 1.165) is 60.2 Å². The summed E-state index contributed by atoms with van der Waals surface area (Å²) in [5.41, 5.74) is 10.2. The largest absolute Gasteiger partial charge is 0.422 e. The molecule has 3 atom stereocenters. The molecule has 2 aromatic rings. The molecule has 14 heteroatoms. The Hall–Kier alpha value is -5.81. The van der Waals surface area contributed by atoms with Crippen molar-refractivity contribution in [2.45, 2.75) is 58.6 Å². The molecular weight excluding hydrogens is 730 g/mol. The summed E-state index contributed by atoms with van der Waals surface area (Å²) in [4.78, 5) is 17.7. The van der Waals surface area contributed by atoms with Gasteiger partial charge in [0.2, 0.25) is 0 Å². The lowest BCUT2D eigenvalue weighted by molar-refractivity contribution is 0.169. The van der Waals surface area contributed by atoms with Gasteiger partial charge in [-0.1, -0.05) is 32.2 Å². The Morgan fingerprint density at radius 2 is 1.93 bits per heavy atom. The fourth-order valence-electron chi connectivity index (χ4n) is 7.46. The van der Waals surface area contributed by atoms with Gasteiger partial charge in [0.25, 0.3) is 6.26 Å². The molecule has 3 aliphatic rings. The van der Waals surface area contributed by atoms with Crippen LogP contribution in [0.15, 0.2) is 106 Å². The Labute approximate surface area is 334 Å². The summed E-state index contributed by atoms with van der Waals surface area (Å²) in [5, 5.41) is 15.4. The van der Waals surface area contributed by atoms with Crippen molar-refractivity contribution >= 4 is 30.1 Å². The lowest BCUT2D eigenvalue weighted by Gasteiger charge is -2.37. The maximum atomic E-state index is 15.2. The molecule has 0 spiro atoms. The van der Waals surface area contributed by atoms with Crippen LogP contribution in [0.1, 0.15) is 44.2 Å². The number of anilines is 2. The van der Waals surface area contributed by atoms with Crippen molar-refractivity contribution in [2.24, 2.45) is 26.7 Å². The van der Waals surface area contributed by atoms with Gasteiger partial charge in [0.15, 0.2) is 11.7 Å². The van der Waals surface area contributed by atoms with Crippen molar-refractivity contribution in [2.75, 3.05) is 56.3 Å². The highest BCUT2D eigenvalue weighted by molar-refractivity contribution is 6.26. The average Bonchev–Trinajstić information content (AvgIpc) is 3.76. The van der Waals surface area contributed by atoms with E-state index in [1.807, 2.05) is 44.2 Å². The number of hydrazone groups is 1.